The van der Waals surface area contributed by atoms with E-state index in [4.69, 9.17) is 9.47 Å². The Bertz CT molecular complexity index is 1100. The van der Waals surface area contributed by atoms with E-state index >= 15 is 0 Å². The molecule has 0 amide bonds. The summed E-state index contributed by atoms with van der Waals surface area (Å²) in [5.74, 6) is 1.14. The highest BCUT2D eigenvalue weighted by Crippen LogP contribution is 2.30. The van der Waals surface area contributed by atoms with Gasteiger partial charge in [0, 0.05) is 12.2 Å². The maximum atomic E-state index is 13.0. The summed E-state index contributed by atoms with van der Waals surface area (Å²) in [7, 11) is 1.64. The molecule has 0 saturated carbocycles. The van der Waals surface area contributed by atoms with E-state index in [0.29, 0.717) is 24.7 Å². The van der Waals surface area contributed by atoms with E-state index in [1.54, 1.807) is 19.2 Å². The molecule has 4 aromatic rings. The second kappa shape index (κ2) is 8.65. The Morgan fingerprint density at radius 3 is 2.45 bits per heavy atom. The van der Waals surface area contributed by atoms with Gasteiger partial charge in [0.05, 0.1) is 7.11 Å². The van der Waals surface area contributed by atoms with Crippen LogP contribution in [-0.2, 0) is 13.2 Å². The minimum absolute atomic E-state index is 0.245. The third-order valence-electron chi connectivity index (χ3n) is 4.83. The minimum atomic E-state index is -0.245. The van der Waals surface area contributed by atoms with Crippen molar-refractivity contribution >= 4 is 16.5 Å². The Balaban J connectivity index is 1.45. The van der Waals surface area contributed by atoms with Crippen molar-refractivity contribution in [1.29, 1.82) is 0 Å². The first-order valence-electron chi connectivity index (χ1n) is 9.49. The Morgan fingerprint density at radius 1 is 0.828 bits per heavy atom. The third kappa shape index (κ3) is 4.49. The van der Waals surface area contributed by atoms with Gasteiger partial charge < -0.3 is 14.8 Å². The third-order valence-corrected chi connectivity index (χ3v) is 4.83. The van der Waals surface area contributed by atoms with Crippen molar-refractivity contribution in [2.24, 2.45) is 0 Å². The molecule has 0 saturated heterocycles. The Morgan fingerprint density at radius 2 is 1.62 bits per heavy atom. The average Bonchev–Trinajstić information content (AvgIpc) is 2.77. The molecule has 0 radical (unpaired) electrons. The second-order valence-corrected chi connectivity index (χ2v) is 6.77. The molecule has 1 N–H and O–H groups in total. The fourth-order valence-corrected chi connectivity index (χ4v) is 3.29. The number of hydrogen-bond donors (Lipinski definition) is 1. The largest absolute Gasteiger partial charge is 0.493 e. The number of anilines is 1. The lowest BCUT2D eigenvalue weighted by Gasteiger charge is -2.14. The van der Waals surface area contributed by atoms with Gasteiger partial charge in [-0.15, -0.1) is 0 Å². The van der Waals surface area contributed by atoms with Gasteiger partial charge >= 0.3 is 0 Å². The monoisotopic (exact) mass is 387 g/mol. The maximum Gasteiger partial charge on any atom is 0.161 e. The topological polar surface area (TPSA) is 30.5 Å². The van der Waals surface area contributed by atoms with E-state index < -0.39 is 0 Å². The predicted molar refractivity (Wildman–Crippen MR) is 115 cm³/mol. The minimum Gasteiger partial charge on any atom is -0.493 e. The number of hydrogen-bond acceptors (Lipinski definition) is 3. The fourth-order valence-electron chi connectivity index (χ4n) is 3.29. The number of benzene rings is 4. The molecule has 0 aromatic heterocycles. The Labute approximate surface area is 169 Å². The van der Waals surface area contributed by atoms with Crippen LogP contribution < -0.4 is 14.8 Å². The summed E-state index contributed by atoms with van der Waals surface area (Å²) < 4.78 is 24.6. The van der Waals surface area contributed by atoms with Crippen molar-refractivity contribution in [2.75, 3.05) is 12.4 Å². The van der Waals surface area contributed by atoms with Crippen LogP contribution in [-0.4, -0.2) is 7.11 Å². The first kappa shape index (κ1) is 18.8. The van der Waals surface area contributed by atoms with Gasteiger partial charge in [0.15, 0.2) is 11.5 Å². The quantitative estimate of drug-likeness (QED) is 0.411. The summed E-state index contributed by atoms with van der Waals surface area (Å²) in [4.78, 5) is 0. The molecule has 0 heterocycles. The highest BCUT2D eigenvalue weighted by Gasteiger charge is 2.08. The molecule has 3 nitrogen and oxygen atoms in total. The summed E-state index contributed by atoms with van der Waals surface area (Å²) >= 11 is 0. The van der Waals surface area contributed by atoms with Crippen LogP contribution in [0.1, 0.15) is 11.1 Å². The van der Waals surface area contributed by atoms with Crippen molar-refractivity contribution in [3.63, 3.8) is 0 Å². The smallest absolute Gasteiger partial charge is 0.161 e. The molecular weight excluding hydrogens is 365 g/mol. The van der Waals surface area contributed by atoms with E-state index in [1.165, 1.54) is 22.9 Å². The summed E-state index contributed by atoms with van der Waals surface area (Å²) in [5.41, 5.74) is 3.04. The molecule has 0 unspecified atom stereocenters. The van der Waals surface area contributed by atoms with Crippen molar-refractivity contribution in [3.8, 4) is 11.5 Å². The van der Waals surface area contributed by atoms with Crippen LogP contribution in [0.3, 0.4) is 0 Å². The summed E-state index contributed by atoms with van der Waals surface area (Å²) in [6, 6.07) is 26.7. The number of rotatable bonds is 7. The molecule has 0 aliphatic carbocycles. The summed E-state index contributed by atoms with van der Waals surface area (Å²) in [6.45, 7) is 1.07. The first-order valence-corrected chi connectivity index (χ1v) is 9.49. The van der Waals surface area contributed by atoms with Crippen molar-refractivity contribution in [2.45, 2.75) is 13.2 Å². The van der Waals surface area contributed by atoms with Gasteiger partial charge in [0.1, 0.15) is 12.4 Å². The second-order valence-electron chi connectivity index (χ2n) is 6.77. The molecule has 146 valence electrons. The van der Waals surface area contributed by atoms with Gasteiger partial charge in [-0.2, -0.15) is 0 Å². The number of methoxy groups -OCH3 is 1. The fraction of sp³-hybridized carbons (Fsp3) is 0.120. The van der Waals surface area contributed by atoms with Gasteiger partial charge in [0.25, 0.3) is 0 Å². The highest BCUT2D eigenvalue weighted by molar-refractivity contribution is 5.85. The van der Waals surface area contributed by atoms with Crippen molar-refractivity contribution in [1.82, 2.24) is 0 Å². The molecule has 29 heavy (non-hydrogen) atoms. The van der Waals surface area contributed by atoms with Crippen LogP contribution in [0, 0.1) is 5.82 Å². The van der Waals surface area contributed by atoms with Crippen LogP contribution in [0.25, 0.3) is 10.8 Å². The normalized spacial score (nSPS) is 10.7. The molecule has 0 spiro atoms. The lowest BCUT2D eigenvalue weighted by Crippen LogP contribution is -2.02. The number of halogens is 1. The molecule has 0 aliphatic heterocycles. The van der Waals surface area contributed by atoms with Gasteiger partial charge in [-0.05, 0) is 58.3 Å². The molecule has 0 bridgehead atoms. The Hall–Kier alpha value is -3.53. The van der Waals surface area contributed by atoms with Crippen molar-refractivity contribution in [3.05, 3.63) is 102 Å². The Kier molecular flexibility index (Phi) is 5.61. The number of nitrogens with one attached hydrogen (secondary N) is 1. The lowest BCUT2D eigenvalue weighted by atomic mass is 10.1. The summed E-state index contributed by atoms with van der Waals surface area (Å²) in [6.07, 6.45) is 0. The molecule has 4 rings (SSSR count). The van der Waals surface area contributed by atoms with Gasteiger partial charge in [-0.1, -0.05) is 48.5 Å². The van der Waals surface area contributed by atoms with Crippen LogP contribution in [0.2, 0.25) is 0 Å². The molecule has 4 aromatic carbocycles. The van der Waals surface area contributed by atoms with Gasteiger partial charge in [-0.25, -0.2) is 4.39 Å². The van der Waals surface area contributed by atoms with Crippen LogP contribution >= 0.6 is 0 Å². The maximum absolute atomic E-state index is 13.0. The number of fused-ring (bicyclic) bond motifs is 1. The van der Waals surface area contributed by atoms with Crippen molar-refractivity contribution < 1.29 is 13.9 Å². The first-order chi connectivity index (χ1) is 14.2. The van der Waals surface area contributed by atoms with Crippen LogP contribution in [0.15, 0.2) is 84.9 Å². The molecule has 0 aliphatic rings. The zero-order valence-corrected chi connectivity index (χ0v) is 16.2. The molecular formula is C25H22FNO2. The SMILES string of the molecule is COc1cc(CNc2ccc(F)cc2)ccc1OCc1cccc2ccccc12. The average molecular weight is 387 g/mol. The summed E-state index contributed by atoms with van der Waals surface area (Å²) in [5, 5.41) is 5.66. The van der Waals surface area contributed by atoms with E-state index in [2.05, 4.69) is 29.6 Å². The van der Waals surface area contributed by atoms with E-state index in [-0.39, 0.29) is 5.82 Å². The predicted octanol–water partition coefficient (Wildman–Crippen LogP) is 6.18. The van der Waals surface area contributed by atoms with E-state index in [1.807, 2.05) is 36.4 Å². The van der Waals surface area contributed by atoms with E-state index in [9.17, 15) is 4.39 Å². The van der Waals surface area contributed by atoms with Gasteiger partial charge in [-0.3, -0.25) is 0 Å². The zero-order chi connectivity index (χ0) is 20.1. The van der Waals surface area contributed by atoms with Gasteiger partial charge in [0.2, 0.25) is 0 Å². The van der Waals surface area contributed by atoms with Crippen LogP contribution in [0.5, 0.6) is 11.5 Å². The zero-order valence-electron chi connectivity index (χ0n) is 16.2. The lowest BCUT2D eigenvalue weighted by molar-refractivity contribution is 0.285. The number of ether oxygens (including phenoxy) is 2. The standard InChI is InChI=1S/C25H22FNO2/c1-28-25-15-18(16-27-22-12-10-21(26)11-13-22)9-14-24(25)29-17-20-7-4-6-19-5-2-3-8-23(19)20/h2-15,27H,16-17H2,1H3. The molecule has 4 heteroatoms. The highest BCUT2D eigenvalue weighted by atomic mass is 19.1. The molecule has 0 fully saturated rings. The van der Waals surface area contributed by atoms with Crippen LogP contribution in [0.4, 0.5) is 10.1 Å². The molecule has 0 atom stereocenters. The van der Waals surface area contributed by atoms with E-state index in [0.717, 1.165) is 16.8 Å².